The number of benzene rings is 2. The van der Waals surface area contributed by atoms with Crippen LogP contribution in [0.3, 0.4) is 0 Å². The Morgan fingerprint density at radius 3 is 2.28 bits per heavy atom. The predicted molar refractivity (Wildman–Crippen MR) is 78.0 cm³/mol. The summed E-state index contributed by atoms with van der Waals surface area (Å²) in [6.07, 6.45) is 0. The summed E-state index contributed by atoms with van der Waals surface area (Å²) in [4.78, 5) is 1.16. The highest BCUT2D eigenvalue weighted by molar-refractivity contribution is 7.09. The summed E-state index contributed by atoms with van der Waals surface area (Å²) in [7, 11) is 0. The van der Waals surface area contributed by atoms with Gasteiger partial charge in [0.05, 0.1) is 10.6 Å². The van der Waals surface area contributed by atoms with Crippen LogP contribution >= 0.6 is 23.1 Å². The zero-order valence-corrected chi connectivity index (χ0v) is 11.1. The van der Waals surface area contributed by atoms with Gasteiger partial charge in [-0.05, 0) is 35.3 Å². The number of rotatable bonds is 2. The standard InChI is InChI=1S/C15H10ClNS/c16-13-8-6-12(7-9-13)15-10-14(17-18-15)11-4-2-1-3-5-11/h1-10H. The molecule has 0 spiro atoms. The second-order valence-electron chi connectivity index (χ2n) is 3.95. The molecular formula is C15H10ClNS. The summed E-state index contributed by atoms with van der Waals surface area (Å²) >= 11 is 7.40. The van der Waals surface area contributed by atoms with Crippen LogP contribution < -0.4 is 0 Å². The first-order valence-corrected chi connectivity index (χ1v) is 6.76. The lowest BCUT2D eigenvalue weighted by Crippen LogP contribution is -1.74. The van der Waals surface area contributed by atoms with Crippen molar-refractivity contribution >= 4 is 23.1 Å². The fraction of sp³-hybridized carbons (Fsp3) is 0. The molecule has 1 nitrogen and oxygen atoms in total. The van der Waals surface area contributed by atoms with Crippen molar-refractivity contribution in [1.82, 2.24) is 4.37 Å². The highest BCUT2D eigenvalue weighted by Crippen LogP contribution is 2.30. The Balaban J connectivity index is 1.97. The molecule has 88 valence electrons. The lowest BCUT2D eigenvalue weighted by Gasteiger charge is -1.96. The summed E-state index contributed by atoms with van der Waals surface area (Å²) in [5, 5.41) is 0.756. The molecule has 0 radical (unpaired) electrons. The zero-order valence-electron chi connectivity index (χ0n) is 9.51. The van der Waals surface area contributed by atoms with Crippen LogP contribution in [0.25, 0.3) is 21.7 Å². The minimum absolute atomic E-state index is 0.756. The Hall–Kier alpha value is -1.64. The maximum atomic E-state index is 5.89. The molecule has 1 aromatic heterocycles. The second-order valence-corrected chi connectivity index (χ2v) is 5.19. The van der Waals surface area contributed by atoms with Crippen molar-refractivity contribution in [3.8, 4) is 21.7 Å². The van der Waals surface area contributed by atoms with Gasteiger partial charge in [-0.3, -0.25) is 0 Å². The maximum absolute atomic E-state index is 5.89. The molecule has 1 heterocycles. The van der Waals surface area contributed by atoms with E-state index in [1.165, 1.54) is 11.5 Å². The predicted octanol–water partition coefficient (Wildman–Crippen LogP) is 5.13. The Morgan fingerprint density at radius 2 is 1.56 bits per heavy atom. The molecule has 0 atom stereocenters. The van der Waals surface area contributed by atoms with Gasteiger partial charge >= 0.3 is 0 Å². The molecule has 3 heteroatoms. The zero-order chi connectivity index (χ0) is 12.4. The minimum Gasteiger partial charge on any atom is -0.192 e. The minimum atomic E-state index is 0.756. The third kappa shape index (κ3) is 2.30. The lowest BCUT2D eigenvalue weighted by atomic mass is 10.1. The van der Waals surface area contributed by atoms with Crippen LogP contribution in [-0.4, -0.2) is 4.37 Å². The van der Waals surface area contributed by atoms with Crippen LogP contribution in [0.1, 0.15) is 0 Å². The highest BCUT2D eigenvalue weighted by atomic mass is 35.5. The van der Waals surface area contributed by atoms with E-state index in [4.69, 9.17) is 11.6 Å². The first-order chi connectivity index (χ1) is 8.83. The van der Waals surface area contributed by atoms with Crippen molar-refractivity contribution < 1.29 is 0 Å². The largest absolute Gasteiger partial charge is 0.192 e. The summed E-state index contributed by atoms with van der Waals surface area (Å²) in [6, 6.07) is 20.2. The third-order valence-electron chi connectivity index (χ3n) is 2.71. The molecule has 0 fully saturated rings. The third-order valence-corrected chi connectivity index (χ3v) is 3.80. The Bertz CT molecular complexity index is 644. The molecular weight excluding hydrogens is 262 g/mol. The van der Waals surface area contributed by atoms with E-state index in [2.05, 4.69) is 22.6 Å². The van der Waals surface area contributed by atoms with Crippen molar-refractivity contribution in [2.45, 2.75) is 0 Å². The maximum Gasteiger partial charge on any atom is 0.0847 e. The van der Waals surface area contributed by atoms with E-state index in [1.54, 1.807) is 0 Å². The van der Waals surface area contributed by atoms with E-state index >= 15 is 0 Å². The average molecular weight is 272 g/mol. The number of nitrogens with zero attached hydrogens (tertiary/aromatic N) is 1. The van der Waals surface area contributed by atoms with Gasteiger partial charge in [0.2, 0.25) is 0 Å². The molecule has 0 aliphatic rings. The molecule has 18 heavy (non-hydrogen) atoms. The average Bonchev–Trinajstić information content (AvgIpc) is 2.90. The highest BCUT2D eigenvalue weighted by Gasteiger charge is 2.05. The summed E-state index contributed by atoms with van der Waals surface area (Å²) in [5.41, 5.74) is 3.32. The molecule has 0 aliphatic heterocycles. The van der Waals surface area contributed by atoms with Gasteiger partial charge in [-0.1, -0.05) is 54.1 Å². The number of hydrogen-bond acceptors (Lipinski definition) is 2. The molecule has 0 unspecified atom stereocenters. The molecule has 0 N–H and O–H groups in total. The Labute approximate surface area is 115 Å². The van der Waals surface area contributed by atoms with Gasteiger partial charge in [0.1, 0.15) is 0 Å². The fourth-order valence-electron chi connectivity index (χ4n) is 1.77. The summed E-state index contributed by atoms with van der Waals surface area (Å²) in [5.74, 6) is 0. The molecule has 0 saturated heterocycles. The monoisotopic (exact) mass is 271 g/mol. The van der Waals surface area contributed by atoms with Crippen LogP contribution in [0, 0.1) is 0 Å². The van der Waals surface area contributed by atoms with Gasteiger partial charge in [0.15, 0.2) is 0 Å². The van der Waals surface area contributed by atoms with E-state index in [9.17, 15) is 0 Å². The van der Waals surface area contributed by atoms with Crippen LogP contribution in [-0.2, 0) is 0 Å². The summed E-state index contributed by atoms with van der Waals surface area (Å²) < 4.78 is 4.49. The molecule has 3 rings (SSSR count). The number of halogens is 1. The van der Waals surface area contributed by atoms with Crippen LogP contribution in [0.15, 0.2) is 60.7 Å². The molecule has 0 saturated carbocycles. The van der Waals surface area contributed by atoms with Gasteiger partial charge in [-0.15, -0.1) is 0 Å². The van der Waals surface area contributed by atoms with E-state index in [0.29, 0.717) is 0 Å². The van der Waals surface area contributed by atoms with Crippen molar-refractivity contribution in [2.24, 2.45) is 0 Å². The quantitative estimate of drug-likeness (QED) is 0.630. The van der Waals surface area contributed by atoms with Crippen LogP contribution in [0.5, 0.6) is 0 Å². The van der Waals surface area contributed by atoms with Gasteiger partial charge in [-0.25, -0.2) is 0 Å². The van der Waals surface area contributed by atoms with Crippen molar-refractivity contribution in [3.63, 3.8) is 0 Å². The Kier molecular flexibility index (Phi) is 3.13. The first-order valence-electron chi connectivity index (χ1n) is 5.61. The van der Waals surface area contributed by atoms with E-state index < -0.39 is 0 Å². The van der Waals surface area contributed by atoms with E-state index in [-0.39, 0.29) is 0 Å². The van der Waals surface area contributed by atoms with Crippen molar-refractivity contribution in [3.05, 3.63) is 65.7 Å². The fourth-order valence-corrected chi connectivity index (χ4v) is 2.66. The van der Waals surface area contributed by atoms with Gasteiger partial charge in [0, 0.05) is 10.6 Å². The van der Waals surface area contributed by atoms with Gasteiger partial charge in [-0.2, -0.15) is 4.37 Å². The van der Waals surface area contributed by atoms with Gasteiger partial charge in [0.25, 0.3) is 0 Å². The van der Waals surface area contributed by atoms with E-state index in [0.717, 1.165) is 26.7 Å². The molecule has 3 aromatic rings. The van der Waals surface area contributed by atoms with E-state index in [1.807, 2.05) is 42.5 Å². The van der Waals surface area contributed by atoms with Crippen molar-refractivity contribution in [1.29, 1.82) is 0 Å². The lowest BCUT2D eigenvalue weighted by molar-refractivity contribution is 1.52. The molecule has 2 aromatic carbocycles. The molecule has 0 bridgehead atoms. The number of hydrogen-bond donors (Lipinski definition) is 0. The SMILES string of the molecule is Clc1ccc(-c2cc(-c3ccccc3)ns2)cc1. The van der Waals surface area contributed by atoms with Crippen molar-refractivity contribution in [2.75, 3.05) is 0 Å². The Morgan fingerprint density at radius 1 is 0.833 bits per heavy atom. The molecule has 0 amide bonds. The van der Waals surface area contributed by atoms with Gasteiger partial charge < -0.3 is 0 Å². The normalized spacial score (nSPS) is 10.5. The second kappa shape index (κ2) is 4.92. The number of aromatic nitrogens is 1. The first kappa shape index (κ1) is 11.5. The van der Waals surface area contributed by atoms with Crippen LogP contribution in [0.2, 0.25) is 5.02 Å². The smallest absolute Gasteiger partial charge is 0.0847 e. The van der Waals surface area contributed by atoms with Crippen LogP contribution in [0.4, 0.5) is 0 Å². The summed E-state index contributed by atoms with van der Waals surface area (Å²) in [6.45, 7) is 0. The molecule has 0 aliphatic carbocycles. The topological polar surface area (TPSA) is 12.9 Å².